The van der Waals surface area contributed by atoms with E-state index in [1.165, 1.54) is 218 Å². The number of carbonyl (C=O) groups excluding carboxylic acids is 4. The van der Waals surface area contributed by atoms with E-state index in [9.17, 15) is 19.2 Å². The predicted octanol–water partition coefficient (Wildman–Crippen LogP) is 19.5. The lowest BCUT2D eigenvalue weighted by atomic mass is 9.78. The van der Waals surface area contributed by atoms with E-state index in [0.29, 0.717) is 109 Å². The van der Waals surface area contributed by atoms with Gasteiger partial charge in [-0.2, -0.15) is 0 Å². The fourth-order valence-corrected chi connectivity index (χ4v) is 16.3. The highest BCUT2D eigenvalue weighted by molar-refractivity contribution is 5.82. The molecule has 0 aromatic rings. The van der Waals surface area contributed by atoms with E-state index in [1.807, 2.05) is 6.92 Å². The van der Waals surface area contributed by atoms with Crippen molar-refractivity contribution in [1.82, 2.24) is 0 Å². The van der Waals surface area contributed by atoms with Gasteiger partial charge in [0, 0.05) is 52.5 Å². The number of epoxide rings is 8. The summed E-state index contributed by atoms with van der Waals surface area (Å²) in [5.41, 5.74) is -0.166. The van der Waals surface area contributed by atoms with Crippen LogP contribution in [0.5, 0.6) is 0 Å². The highest BCUT2D eigenvalue weighted by atomic mass is 16.8. The molecule has 8 aliphatic heterocycles. The summed E-state index contributed by atoms with van der Waals surface area (Å²) in [4.78, 5) is 48.0. The van der Waals surface area contributed by atoms with Gasteiger partial charge in [-0.3, -0.25) is 19.2 Å². The molecule has 8 saturated heterocycles. The van der Waals surface area contributed by atoms with E-state index in [0.717, 1.165) is 218 Å². The van der Waals surface area contributed by atoms with Crippen LogP contribution in [-0.4, -0.2) is 250 Å². The normalized spacial score (nSPS) is 26.2. The number of hydrogen-bond acceptors (Lipinski definition) is 24. The Morgan fingerprint density at radius 3 is 1.10 bits per heavy atom. The molecule has 14 rings (SSSR count). The van der Waals surface area contributed by atoms with E-state index in [1.54, 1.807) is 0 Å². The van der Waals surface area contributed by atoms with Crippen LogP contribution < -0.4 is 0 Å². The maximum atomic E-state index is 12.1. The molecule has 13 unspecified atom stereocenters. The van der Waals surface area contributed by atoms with Crippen molar-refractivity contribution in [2.24, 2.45) is 59.2 Å². The second-order valence-electron chi connectivity index (χ2n) is 40.2. The second-order valence-corrected chi connectivity index (χ2v) is 40.2. The van der Waals surface area contributed by atoms with E-state index in [4.69, 9.17) is 94.7 Å². The standard InChI is InChI=1S/C41H76O6.C15H22O5.C15H26O3.2C11H20O3.C9H16O4/c1-3-5-7-9-14-20-26-36(28-22-16-11-12-18-24-30-40(42)46-34-38-32-44-38)37(27-21-15-10-8-6-4-2)29-23-17-13-19-25-31-41(43)47-35-39-33-45-39;16-14(19-7-10-5-6-10)12-3-1-2-4-13(12)15(17)20-9-11-8-18-11;1-3-13(9-16-10-14-5-6-14)4-2-12(1)7-8-17-15-11-18-15;1-11(2,14-7-10-6-13-10)8-12-5-9-3-4-9;1(5-12-7-10-3-4-10)2-6-13-8-11-9-14-11;1-7(11-4-9-6-13-9)2-10-3-8-5-12-8/h36-39H,3-35H2,1-2H3;10-13H,1-9H2;12-15H,1-11H2;9-10H,3-8H2,1-2H3;10-11H,1-9H2;7-9H,2-6H2,1H3. The second kappa shape index (κ2) is 65.8. The van der Waals surface area contributed by atoms with Crippen LogP contribution >= 0.6 is 0 Å². The van der Waals surface area contributed by atoms with Crippen molar-refractivity contribution in [3.63, 3.8) is 0 Å². The van der Waals surface area contributed by atoms with E-state index in [-0.39, 0.29) is 72.0 Å². The molecule has 13 atom stereocenters. The van der Waals surface area contributed by atoms with Gasteiger partial charge in [0.15, 0.2) is 6.29 Å². The molecule has 14 aliphatic rings. The van der Waals surface area contributed by atoms with Crippen molar-refractivity contribution in [3.8, 4) is 0 Å². The van der Waals surface area contributed by atoms with Gasteiger partial charge in [-0.1, -0.05) is 200 Å². The Labute approximate surface area is 761 Å². The van der Waals surface area contributed by atoms with Gasteiger partial charge < -0.3 is 94.7 Å². The molecule has 0 amide bonds. The first-order valence-corrected chi connectivity index (χ1v) is 52.0. The lowest BCUT2D eigenvalue weighted by Crippen LogP contribution is -2.35. The number of hydrogen-bond donors (Lipinski definition) is 0. The van der Waals surface area contributed by atoms with Crippen LogP contribution in [0.1, 0.15) is 343 Å². The SMILES string of the molecule is C(CC1CCC(COCC2CC2)CC1)OC1CO1.C(CCOCC1CO1)COCC1CC1.CC(C)(COCC1CC1)OCC1CO1.CC(COCC1CO1)OCC1CO1.CCCCCCCCC(CCCCCCCCC(=O)OCC1CO1)C(CCCCCCCC)CCCCCCCC(=O)OCC1CO1.O=C(OCC1CC1)C1CCCCC1C(=O)OCC1CO1. The van der Waals surface area contributed by atoms with Gasteiger partial charge in [0.1, 0.15) is 69.2 Å². The largest absolute Gasteiger partial charge is 0.465 e. The van der Waals surface area contributed by atoms with Crippen LogP contribution in [0, 0.1) is 59.2 Å². The minimum atomic E-state index is -0.325. The molecule has 0 N–H and O–H groups in total. The Hall–Kier alpha value is -2.76. The van der Waals surface area contributed by atoms with Crippen molar-refractivity contribution >= 4 is 23.9 Å². The van der Waals surface area contributed by atoms with E-state index >= 15 is 0 Å². The van der Waals surface area contributed by atoms with Gasteiger partial charge >= 0.3 is 23.9 Å². The van der Waals surface area contributed by atoms with Gasteiger partial charge in [0.2, 0.25) is 0 Å². The Morgan fingerprint density at radius 1 is 0.325 bits per heavy atom. The Morgan fingerprint density at radius 2 is 0.667 bits per heavy atom. The topological polar surface area (TPSA) is 279 Å². The highest BCUT2D eigenvalue weighted by Gasteiger charge is 2.40. The van der Waals surface area contributed by atoms with Gasteiger partial charge in [-0.25, -0.2) is 0 Å². The third kappa shape index (κ3) is 60.5. The number of esters is 4. The average Bonchev–Trinajstić information content (AvgIpc) is 1.20. The highest BCUT2D eigenvalue weighted by Crippen LogP contribution is 2.39. The van der Waals surface area contributed by atoms with Crippen LogP contribution in [0.2, 0.25) is 0 Å². The van der Waals surface area contributed by atoms with Crippen LogP contribution in [0.15, 0.2) is 0 Å². The lowest BCUT2D eigenvalue weighted by molar-refractivity contribution is -0.163. The summed E-state index contributed by atoms with van der Waals surface area (Å²) in [6.07, 6.45) is 61.7. The minimum absolute atomic E-state index is 0.0585. The zero-order chi connectivity index (χ0) is 88.5. The molecule has 126 heavy (non-hydrogen) atoms. The average molecular weight is 1790 g/mol. The summed E-state index contributed by atoms with van der Waals surface area (Å²) in [6.45, 7) is 29.7. The quantitative estimate of drug-likeness (QED) is 0.0237. The molecule has 0 aromatic heterocycles. The lowest BCUT2D eigenvalue weighted by Gasteiger charge is -2.28. The molecule has 0 aromatic carbocycles. The molecule has 24 heteroatoms. The van der Waals surface area contributed by atoms with Gasteiger partial charge in [-0.05, 0) is 177 Å². The third-order valence-corrected chi connectivity index (χ3v) is 26.4. The van der Waals surface area contributed by atoms with Crippen LogP contribution in [0.3, 0.4) is 0 Å². The summed E-state index contributed by atoms with van der Waals surface area (Å²) in [5, 5.41) is 0. The van der Waals surface area contributed by atoms with Crippen molar-refractivity contribution in [2.75, 3.05) is 165 Å². The van der Waals surface area contributed by atoms with Gasteiger partial charge in [0.05, 0.1) is 123 Å². The first-order chi connectivity index (χ1) is 61.7. The fraction of sp³-hybridized carbons (Fsp3) is 0.961. The Balaban J connectivity index is 0.000000187. The molecular weight excluding hydrogens is 1610 g/mol. The number of unbranched alkanes of at least 4 members (excludes halogenated alkanes) is 20. The van der Waals surface area contributed by atoms with Gasteiger partial charge in [0.25, 0.3) is 0 Å². The molecule has 0 spiro atoms. The summed E-state index contributed by atoms with van der Waals surface area (Å²) in [6, 6.07) is 0. The smallest absolute Gasteiger partial charge is 0.309 e. The Kier molecular flexibility index (Phi) is 55.8. The van der Waals surface area contributed by atoms with Crippen LogP contribution in [-0.2, 0) is 114 Å². The molecule has 6 saturated carbocycles. The van der Waals surface area contributed by atoms with Crippen LogP contribution in [0.25, 0.3) is 0 Å². The number of rotatable bonds is 73. The molecule has 24 nitrogen and oxygen atoms in total. The minimum Gasteiger partial charge on any atom is -0.465 e. The third-order valence-electron chi connectivity index (χ3n) is 26.4. The van der Waals surface area contributed by atoms with Crippen molar-refractivity contribution in [1.29, 1.82) is 0 Å². The van der Waals surface area contributed by atoms with Crippen molar-refractivity contribution in [2.45, 2.75) is 404 Å². The summed E-state index contributed by atoms with van der Waals surface area (Å²) < 4.78 is 106. The summed E-state index contributed by atoms with van der Waals surface area (Å²) in [5.74, 6) is 5.43. The molecular formula is C102H180O24. The fourth-order valence-electron chi connectivity index (χ4n) is 16.3. The molecule has 14 fully saturated rings. The molecule has 8 heterocycles. The molecule has 732 valence electrons. The predicted molar refractivity (Wildman–Crippen MR) is 485 cm³/mol. The summed E-state index contributed by atoms with van der Waals surface area (Å²) >= 11 is 0. The number of carbonyl (C=O) groups is 4. The first kappa shape index (κ1) is 107. The maximum absolute atomic E-state index is 12.1. The molecule has 6 aliphatic carbocycles. The maximum Gasteiger partial charge on any atom is 0.309 e. The first-order valence-electron chi connectivity index (χ1n) is 52.0. The van der Waals surface area contributed by atoms with Crippen molar-refractivity contribution < 1.29 is 114 Å². The summed E-state index contributed by atoms with van der Waals surface area (Å²) in [7, 11) is 0. The Bertz CT molecular complexity index is 2630. The van der Waals surface area contributed by atoms with Gasteiger partial charge in [-0.15, -0.1) is 0 Å². The van der Waals surface area contributed by atoms with E-state index < -0.39 is 0 Å². The number of ether oxygens (including phenoxy) is 20. The van der Waals surface area contributed by atoms with Crippen molar-refractivity contribution in [3.05, 3.63) is 0 Å². The monoisotopic (exact) mass is 1790 g/mol. The zero-order valence-corrected chi connectivity index (χ0v) is 79.9. The molecule has 0 bridgehead atoms. The molecule has 0 radical (unpaired) electrons. The van der Waals surface area contributed by atoms with Crippen LogP contribution in [0.4, 0.5) is 0 Å². The van der Waals surface area contributed by atoms with E-state index in [2.05, 4.69) is 27.7 Å². The zero-order valence-electron chi connectivity index (χ0n) is 79.9.